The maximum Gasteiger partial charge on any atom is 0.215 e. The number of thiazole rings is 1. The van der Waals surface area contributed by atoms with Gasteiger partial charge in [0.15, 0.2) is 0 Å². The third kappa shape index (κ3) is 3.38. The largest absolute Gasteiger partial charge is 0.240 e. The minimum Gasteiger partial charge on any atom is -0.240 e. The van der Waals surface area contributed by atoms with Gasteiger partial charge >= 0.3 is 0 Å². The van der Waals surface area contributed by atoms with Crippen LogP contribution in [0.2, 0.25) is 0 Å². The summed E-state index contributed by atoms with van der Waals surface area (Å²) in [7, 11) is -3.53. The number of hydrogen-bond acceptors (Lipinski definition) is 4. The summed E-state index contributed by atoms with van der Waals surface area (Å²) in [5, 5.41) is 5.54. The average molecular weight is 347 g/mol. The first-order valence-electron chi connectivity index (χ1n) is 5.08. The minimum absolute atomic E-state index is 0.216. The number of hydrogen-bond donors (Lipinski definition) is 1. The highest BCUT2D eigenvalue weighted by Crippen LogP contribution is 2.29. The lowest BCUT2D eigenvalue weighted by Gasteiger charge is -1.99. The lowest BCUT2D eigenvalue weighted by Crippen LogP contribution is -2.14. The lowest BCUT2D eigenvalue weighted by molar-refractivity contribution is 0.597. The Balaban J connectivity index is 2.41. The number of aryl methyl sites for hydroxylation is 1. The summed E-state index contributed by atoms with van der Waals surface area (Å²) in [6, 6.07) is 7.73. The Hall–Kier alpha value is -0.760. The Morgan fingerprint density at radius 2 is 2.17 bits per heavy atom. The van der Waals surface area contributed by atoms with Crippen LogP contribution in [0.25, 0.3) is 11.3 Å². The second-order valence-electron chi connectivity index (χ2n) is 3.83. The molecule has 2 rings (SSSR count). The molecule has 0 bridgehead atoms. The van der Waals surface area contributed by atoms with E-state index in [9.17, 15) is 8.42 Å². The molecule has 1 aromatic carbocycles. The number of sulfonamides is 1. The SMILES string of the molecule is Cc1sc(CS(N)(=O)=O)nc1-c1cccc(Br)c1. The Bertz CT molecular complexity index is 680. The van der Waals surface area contributed by atoms with E-state index in [1.807, 2.05) is 31.2 Å². The van der Waals surface area contributed by atoms with Crippen LogP contribution in [-0.4, -0.2) is 13.4 Å². The normalized spacial score (nSPS) is 11.7. The smallest absolute Gasteiger partial charge is 0.215 e. The molecule has 7 heteroatoms. The van der Waals surface area contributed by atoms with Crippen LogP contribution in [0.4, 0.5) is 0 Å². The van der Waals surface area contributed by atoms with Gasteiger partial charge in [-0.2, -0.15) is 0 Å². The molecule has 1 heterocycles. The lowest BCUT2D eigenvalue weighted by atomic mass is 10.1. The molecule has 0 amide bonds. The number of nitrogens with zero attached hydrogens (tertiary/aromatic N) is 1. The van der Waals surface area contributed by atoms with Crippen LogP contribution in [0.5, 0.6) is 0 Å². The monoisotopic (exact) mass is 346 g/mol. The van der Waals surface area contributed by atoms with E-state index in [-0.39, 0.29) is 5.75 Å². The highest BCUT2D eigenvalue weighted by atomic mass is 79.9. The zero-order valence-electron chi connectivity index (χ0n) is 9.55. The first-order valence-corrected chi connectivity index (χ1v) is 8.40. The molecule has 0 aliphatic rings. The Morgan fingerprint density at radius 3 is 2.78 bits per heavy atom. The van der Waals surface area contributed by atoms with Gasteiger partial charge in [-0.1, -0.05) is 28.1 Å². The van der Waals surface area contributed by atoms with E-state index in [1.54, 1.807) is 0 Å². The van der Waals surface area contributed by atoms with Crippen molar-refractivity contribution in [2.75, 3.05) is 0 Å². The molecule has 96 valence electrons. The predicted molar refractivity (Wildman–Crippen MR) is 76.8 cm³/mol. The van der Waals surface area contributed by atoms with E-state index in [4.69, 9.17) is 5.14 Å². The van der Waals surface area contributed by atoms with Gasteiger partial charge in [-0.25, -0.2) is 18.5 Å². The fourth-order valence-corrected chi connectivity index (χ4v) is 3.88. The summed E-state index contributed by atoms with van der Waals surface area (Å²) < 4.78 is 23.1. The molecule has 0 aliphatic carbocycles. The first kappa shape index (κ1) is 13.7. The van der Waals surface area contributed by atoms with Crippen molar-refractivity contribution in [1.29, 1.82) is 0 Å². The molecule has 0 atom stereocenters. The van der Waals surface area contributed by atoms with Crippen LogP contribution in [0.15, 0.2) is 28.7 Å². The van der Waals surface area contributed by atoms with E-state index in [0.717, 1.165) is 20.6 Å². The molecule has 0 saturated heterocycles. The van der Waals surface area contributed by atoms with Gasteiger partial charge in [0.25, 0.3) is 0 Å². The third-order valence-electron chi connectivity index (χ3n) is 2.26. The van der Waals surface area contributed by atoms with Crippen LogP contribution in [0.3, 0.4) is 0 Å². The summed E-state index contributed by atoms with van der Waals surface area (Å²) in [5.74, 6) is -0.216. The topological polar surface area (TPSA) is 73.1 Å². The van der Waals surface area contributed by atoms with Gasteiger partial charge in [0, 0.05) is 14.9 Å². The van der Waals surface area contributed by atoms with Gasteiger partial charge in [-0.05, 0) is 19.1 Å². The standard InChI is InChI=1S/C11H11BrN2O2S2/c1-7-11(8-3-2-4-9(12)5-8)14-10(17-7)6-18(13,15)16/h2-5H,6H2,1H3,(H2,13,15,16). The van der Waals surface area contributed by atoms with Gasteiger partial charge in [-0.15, -0.1) is 11.3 Å². The summed E-state index contributed by atoms with van der Waals surface area (Å²) >= 11 is 4.76. The summed E-state index contributed by atoms with van der Waals surface area (Å²) in [6.07, 6.45) is 0. The molecule has 2 N–H and O–H groups in total. The second kappa shape index (κ2) is 5.08. The third-order valence-corrected chi connectivity index (χ3v) is 4.59. The molecule has 0 radical (unpaired) electrons. The molecule has 2 aromatic rings. The highest BCUT2D eigenvalue weighted by molar-refractivity contribution is 9.10. The molecule has 1 aromatic heterocycles. The molecular weight excluding hydrogens is 336 g/mol. The Morgan fingerprint density at radius 1 is 1.44 bits per heavy atom. The van der Waals surface area contributed by atoms with Gasteiger partial charge < -0.3 is 0 Å². The van der Waals surface area contributed by atoms with Gasteiger partial charge in [0.2, 0.25) is 10.0 Å². The Labute approximate surface area is 118 Å². The van der Waals surface area contributed by atoms with E-state index in [2.05, 4.69) is 20.9 Å². The molecular formula is C11H11BrN2O2S2. The van der Waals surface area contributed by atoms with Crippen molar-refractivity contribution in [3.8, 4) is 11.3 Å². The average Bonchev–Trinajstić information content (AvgIpc) is 2.56. The minimum atomic E-state index is -3.53. The van der Waals surface area contributed by atoms with Crippen molar-refractivity contribution in [2.24, 2.45) is 5.14 Å². The highest BCUT2D eigenvalue weighted by Gasteiger charge is 2.14. The molecule has 0 saturated carbocycles. The molecule has 18 heavy (non-hydrogen) atoms. The molecule has 0 aliphatic heterocycles. The predicted octanol–water partition coefficient (Wildman–Crippen LogP) is 2.67. The number of rotatable bonds is 3. The molecule has 4 nitrogen and oxygen atoms in total. The van der Waals surface area contributed by atoms with E-state index in [0.29, 0.717) is 5.01 Å². The van der Waals surface area contributed by atoms with Crippen LogP contribution in [0.1, 0.15) is 9.88 Å². The maximum atomic E-state index is 11.0. The van der Waals surface area contributed by atoms with Crippen LogP contribution < -0.4 is 5.14 Å². The van der Waals surface area contributed by atoms with E-state index in [1.165, 1.54) is 11.3 Å². The van der Waals surface area contributed by atoms with Crippen LogP contribution in [-0.2, 0) is 15.8 Å². The molecule has 0 fully saturated rings. The van der Waals surface area contributed by atoms with Crippen LogP contribution in [0, 0.1) is 6.92 Å². The number of nitrogens with two attached hydrogens (primary N) is 1. The maximum absolute atomic E-state index is 11.0. The number of halogens is 1. The van der Waals surface area contributed by atoms with Crippen molar-refractivity contribution in [3.05, 3.63) is 38.6 Å². The number of benzene rings is 1. The fourth-order valence-electron chi connectivity index (χ4n) is 1.59. The first-order chi connectivity index (χ1) is 8.35. The number of primary sulfonamides is 1. The van der Waals surface area contributed by atoms with E-state index < -0.39 is 10.0 Å². The Kier molecular flexibility index (Phi) is 3.86. The second-order valence-corrected chi connectivity index (χ2v) is 7.65. The zero-order chi connectivity index (χ0) is 13.3. The van der Waals surface area contributed by atoms with E-state index >= 15 is 0 Å². The quantitative estimate of drug-likeness (QED) is 0.928. The van der Waals surface area contributed by atoms with Crippen molar-refractivity contribution in [2.45, 2.75) is 12.7 Å². The molecule has 0 spiro atoms. The van der Waals surface area contributed by atoms with Crippen molar-refractivity contribution in [1.82, 2.24) is 4.98 Å². The summed E-state index contributed by atoms with van der Waals surface area (Å²) in [4.78, 5) is 5.32. The van der Waals surface area contributed by atoms with Gasteiger partial charge in [-0.3, -0.25) is 0 Å². The van der Waals surface area contributed by atoms with Crippen molar-refractivity contribution in [3.63, 3.8) is 0 Å². The molecule has 0 unspecified atom stereocenters. The summed E-state index contributed by atoms with van der Waals surface area (Å²) in [5.41, 5.74) is 1.76. The van der Waals surface area contributed by atoms with Crippen LogP contribution >= 0.6 is 27.3 Å². The summed E-state index contributed by atoms with van der Waals surface area (Å²) in [6.45, 7) is 1.92. The van der Waals surface area contributed by atoms with Gasteiger partial charge in [0.05, 0.1) is 5.69 Å². The fraction of sp³-hybridized carbons (Fsp3) is 0.182. The van der Waals surface area contributed by atoms with Crippen molar-refractivity contribution >= 4 is 37.3 Å². The van der Waals surface area contributed by atoms with Gasteiger partial charge in [0.1, 0.15) is 10.8 Å². The zero-order valence-corrected chi connectivity index (χ0v) is 12.8. The van der Waals surface area contributed by atoms with Crippen molar-refractivity contribution < 1.29 is 8.42 Å². The number of aromatic nitrogens is 1.